The van der Waals surface area contributed by atoms with E-state index in [1.54, 1.807) is 12.1 Å². The molecule has 3 amide bonds. The van der Waals surface area contributed by atoms with Gasteiger partial charge in [0, 0.05) is 29.4 Å². The summed E-state index contributed by atoms with van der Waals surface area (Å²) >= 11 is 7.01. The Kier molecular flexibility index (Phi) is 7.52. The van der Waals surface area contributed by atoms with E-state index >= 15 is 0 Å². The fourth-order valence-electron chi connectivity index (χ4n) is 3.23. The summed E-state index contributed by atoms with van der Waals surface area (Å²) in [7, 11) is -2.59. The van der Waals surface area contributed by atoms with Crippen LogP contribution in [0.4, 0.5) is 10.1 Å². The van der Waals surface area contributed by atoms with Gasteiger partial charge in [-0.1, -0.05) is 11.6 Å². The molecule has 1 saturated heterocycles. The van der Waals surface area contributed by atoms with Gasteiger partial charge < -0.3 is 15.5 Å². The van der Waals surface area contributed by atoms with E-state index in [0.29, 0.717) is 9.21 Å². The van der Waals surface area contributed by atoms with Crippen molar-refractivity contribution in [2.45, 2.75) is 12.5 Å². The van der Waals surface area contributed by atoms with Crippen LogP contribution in [0.2, 0.25) is 4.34 Å². The molecule has 1 atom stereocenters. The number of sulfonamides is 1. The molecule has 0 radical (unpaired) electrons. The lowest BCUT2D eigenvalue weighted by Crippen LogP contribution is -2.41. The van der Waals surface area contributed by atoms with Gasteiger partial charge in [-0.15, -0.1) is 11.3 Å². The van der Waals surface area contributed by atoms with Gasteiger partial charge in [0.05, 0.1) is 16.6 Å². The Morgan fingerprint density at radius 3 is 2.70 bits per heavy atom. The zero-order valence-corrected chi connectivity index (χ0v) is 19.7. The average molecular weight is 515 g/mol. The number of halogens is 2. The van der Waals surface area contributed by atoms with E-state index in [0.717, 1.165) is 21.3 Å². The number of nitrogens with one attached hydrogen (secondary N) is 1. The number of primary amides is 1. The maximum absolute atomic E-state index is 14.7. The van der Waals surface area contributed by atoms with Crippen molar-refractivity contribution in [1.29, 1.82) is 0 Å². The number of benzene rings is 1. The molecule has 1 aromatic heterocycles. The van der Waals surface area contributed by atoms with Gasteiger partial charge in [0.1, 0.15) is 11.9 Å². The molecule has 3 N–H and O–H groups in total. The minimum absolute atomic E-state index is 0.0253. The highest BCUT2D eigenvalue weighted by atomic mass is 35.5. The molecule has 0 saturated carbocycles. The Morgan fingerprint density at radius 2 is 2.09 bits per heavy atom. The Morgan fingerprint density at radius 1 is 1.36 bits per heavy atom. The van der Waals surface area contributed by atoms with Gasteiger partial charge in [-0.3, -0.25) is 14.4 Å². The Balaban J connectivity index is 1.69. The van der Waals surface area contributed by atoms with Crippen molar-refractivity contribution in [1.82, 2.24) is 9.62 Å². The normalized spacial score (nSPS) is 16.5. The lowest BCUT2D eigenvalue weighted by atomic mass is 10.1. The van der Waals surface area contributed by atoms with Crippen LogP contribution in [0.5, 0.6) is 0 Å². The van der Waals surface area contributed by atoms with Gasteiger partial charge in [-0.05, 0) is 42.8 Å². The highest BCUT2D eigenvalue weighted by Gasteiger charge is 2.36. The first-order valence-corrected chi connectivity index (χ1v) is 12.3. The molecular weight excluding hydrogens is 495 g/mol. The number of hydrogen-bond donors (Lipinski definition) is 2. The number of amides is 3. The molecule has 13 heteroatoms. The van der Waals surface area contributed by atoms with Gasteiger partial charge in [0.2, 0.25) is 21.8 Å². The van der Waals surface area contributed by atoms with Crippen molar-refractivity contribution in [3.63, 3.8) is 0 Å². The predicted octanol–water partition coefficient (Wildman–Crippen LogP) is 1.79. The maximum Gasteiger partial charge on any atom is 0.254 e. The van der Waals surface area contributed by atoms with E-state index in [1.807, 2.05) is 0 Å². The molecule has 9 nitrogen and oxygen atoms in total. The van der Waals surface area contributed by atoms with Crippen molar-refractivity contribution in [3.8, 4) is 0 Å². The van der Waals surface area contributed by atoms with Crippen LogP contribution in [-0.2, 0) is 19.6 Å². The molecule has 1 unspecified atom stereocenters. The van der Waals surface area contributed by atoms with Crippen LogP contribution < -0.4 is 15.4 Å². The molecule has 1 aromatic carbocycles. The second-order valence-corrected chi connectivity index (χ2v) is 10.6. The summed E-state index contributed by atoms with van der Waals surface area (Å²) in [4.78, 5) is 38.8. The molecule has 2 aromatic rings. The maximum atomic E-state index is 14.7. The summed E-state index contributed by atoms with van der Waals surface area (Å²) < 4.78 is 42.2. The second-order valence-electron chi connectivity index (χ2n) is 7.23. The third-order valence-electron chi connectivity index (χ3n) is 4.74. The SMILES string of the molecule is CN(CC(N)=O)C(=O)c1ccc(N2CCC(NS(=O)(=O)C=Cc3ccc(Cl)s3)C2=O)c(F)c1. The lowest BCUT2D eigenvalue weighted by molar-refractivity contribution is -0.119. The van der Waals surface area contributed by atoms with Crippen molar-refractivity contribution in [2.24, 2.45) is 5.73 Å². The quantitative estimate of drug-likeness (QED) is 0.554. The van der Waals surface area contributed by atoms with Gasteiger partial charge in [0.25, 0.3) is 5.91 Å². The van der Waals surface area contributed by atoms with Crippen LogP contribution in [0.1, 0.15) is 21.7 Å². The summed E-state index contributed by atoms with van der Waals surface area (Å²) in [5.41, 5.74) is 4.95. The topological polar surface area (TPSA) is 130 Å². The molecular formula is C20H20ClFN4O5S2. The van der Waals surface area contributed by atoms with Crippen LogP contribution in [-0.4, -0.2) is 57.2 Å². The van der Waals surface area contributed by atoms with Crippen LogP contribution in [0, 0.1) is 5.82 Å². The molecule has 176 valence electrons. The summed E-state index contributed by atoms with van der Waals surface area (Å²) in [6.07, 6.45) is 1.50. The Hall–Kier alpha value is -2.80. The van der Waals surface area contributed by atoms with Gasteiger partial charge >= 0.3 is 0 Å². The third kappa shape index (κ3) is 6.16. The number of hydrogen-bond acceptors (Lipinski definition) is 6. The fourth-order valence-corrected chi connectivity index (χ4v) is 5.29. The average Bonchev–Trinajstić information content (AvgIpc) is 3.31. The van der Waals surface area contributed by atoms with Crippen LogP contribution in [0.25, 0.3) is 6.08 Å². The van der Waals surface area contributed by atoms with Crippen molar-refractivity contribution < 1.29 is 27.2 Å². The van der Waals surface area contributed by atoms with E-state index in [9.17, 15) is 27.2 Å². The van der Waals surface area contributed by atoms with Gasteiger partial charge in [-0.2, -0.15) is 4.72 Å². The molecule has 3 rings (SSSR count). The standard InChI is InChI=1S/C20H20ClFN4O5S2/c1-25(11-18(23)27)19(28)12-2-4-16(14(22)10-12)26-8-6-15(20(26)29)24-33(30,31)9-7-13-3-5-17(21)32-13/h2-5,7,9-10,15,24H,6,8,11H2,1H3,(H2,23,27). The molecule has 0 spiro atoms. The summed E-state index contributed by atoms with van der Waals surface area (Å²) in [5.74, 6) is -2.78. The summed E-state index contributed by atoms with van der Waals surface area (Å²) in [6.45, 7) is -0.245. The number of thiophene rings is 1. The van der Waals surface area contributed by atoms with Crippen molar-refractivity contribution >= 4 is 62.4 Å². The molecule has 33 heavy (non-hydrogen) atoms. The Labute approximate surface area is 198 Å². The van der Waals surface area contributed by atoms with Crippen LogP contribution in [0.15, 0.2) is 35.7 Å². The van der Waals surface area contributed by atoms with Crippen molar-refractivity contribution in [2.75, 3.05) is 25.0 Å². The Bertz CT molecular complexity index is 1230. The lowest BCUT2D eigenvalue weighted by Gasteiger charge is -2.19. The van der Waals surface area contributed by atoms with Gasteiger partial charge in [0.15, 0.2) is 0 Å². The first-order chi connectivity index (χ1) is 15.5. The number of nitrogens with two attached hydrogens (primary N) is 1. The highest BCUT2D eigenvalue weighted by molar-refractivity contribution is 7.92. The molecule has 1 aliphatic heterocycles. The van der Waals surface area contributed by atoms with E-state index in [1.165, 1.54) is 36.6 Å². The first kappa shape index (κ1) is 24.8. The van der Waals surface area contributed by atoms with Crippen LogP contribution in [0.3, 0.4) is 0 Å². The number of rotatable bonds is 8. The number of likely N-dealkylation sites (N-methyl/N-ethyl adjacent to an activating group) is 1. The van der Waals surface area contributed by atoms with Crippen molar-refractivity contribution in [3.05, 3.63) is 56.3 Å². The van der Waals surface area contributed by atoms with Crippen LogP contribution >= 0.6 is 22.9 Å². The van der Waals surface area contributed by atoms with E-state index in [2.05, 4.69) is 4.72 Å². The minimum Gasteiger partial charge on any atom is -0.368 e. The zero-order valence-electron chi connectivity index (χ0n) is 17.3. The molecule has 2 heterocycles. The molecule has 1 fully saturated rings. The highest BCUT2D eigenvalue weighted by Crippen LogP contribution is 2.27. The third-order valence-corrected chi connectivity index (χ3v) is 7.05. The smallest absolute Gasteiger partial charge is 0.254 e. The number of anilines is 1. The van der Waals surface area contributed by atoms with E-state index < -0.39 is 39.6 Å². The predicted molar refractivity (Wildman–Crippen MR) is 124 cm³/mol. The summed E-state index contributed by atoms with van der Waals surface area (Å²) in [5, 5.41) is 0.939. The van der Waals surface area contributed by atoms with E-state index in [-0.39, 0.29) is 30.8 Å². The second kappa shape index (κ2) is 10.00. The molecule has 0 bridgehead atoms. The molecule has 0 aliphatic carbocycles. The first-order valence-electron chi connectivity index (χ1n) is 9.57. The zero-order chi connectivity index (χ0) is 24.3. The molecule has 1 aliphatic rings. The number of carbonyl (C=O) groups excluding carboxylic acids is 3. The number of nitrogens with zero attached hydrogens (tertiary/aromatic N) is 2. The minimum atomic E-state index is -3.94. The van der Waals surface area contributed by atoms with E-state index in [4.69, 9.17) is 17.3 Å². The largest absolute Gasteiger partial charge is 0.368 e. The monoisotopic (exact) mass is 514 g/mol. The fraction of sp³-hybridized carbons (Fsp3) is 0.250. The number of carbonyl (C=O) groups is 3. The van der Waals surface area contributed by atoms with Gasteiger partial charge in [-0.25, -0.2) is 12.8 Å². The summed E-state index contributed by atoms with van der Waals surface area (Å²) in [6, 6.07) is 5.76.